The average molecular weight is 385 g/mol. The van der Waals surface area contributed by atoms with E-state index in [1.807, 2.05) is 10.3 Å². The molecular formula is C18H19N5O3S. The largest absolute Gasteiger partial charge is 0.345 e. The van der Waals surface area contributed by atoms with Crippen molar-refractivity contribution in [1.29, 1.82) is 0 Å². The molecule has 27 heavy (non-hydrogen) atoms. The molecule has 140 valence electrons. The number of carbonyl (C=O) groups excluding carboxylic acids is 1. The van der Waals surface area contributed by atoms with E-state index in [0.29, 0.717) is 24.0 Å². The van der Waals surface area contributed by atoms with Crippen LogP contribution in [0.1, 0.15) is 6.42 Å². The van der Waals surface area contributed by atoms with Gasteiger partial charge in [0.2, 0.25) is 5.91 Å². The summed E-state index contributed by atoms with van der Waals surface area (Å²) in [6.45, 7) is 3.02. The number of benzene rings is 1. The number of aromatic nitrogens is 3. The van der Waals surface area contributed by atoms with E-state index in [1.54, 1.807) is 41.8 Å². The molecular weight excluding hydrogens is 366 g/mol. The van der Waals surface area contributed by atoms with Crippen molar-refractivity contribution >= 4 is 33.3 Å². The van der Waals surface area contributed by atoms with Crippen LogP contribution in [0.15, 0.2) is 45.4 Å². The third-order valence-electron chi connectivity index (χ3n) is 4.78. The third kappa shape index (κ3) is 3.50. The SMILES string of the molecule is O=C(CCn1c(=O)[nH]c(=O)c2ccccc21)N1CCN(c2nccs2)CC1. The maximum atomic E-state index is 12.6. The minimum atomic E-state index is -0.486. The molecule has 0 aliphatic carbocycles. The summed E-state index contributed by atoms with van der Waals surface area (Å²) in [4.78, 5) is 47.3. The molecule has 3 heterocycles. The third-order valence-corrected chi connectivity index (χ3v) is 5.61. The second kappa shape index (κ2) is 7.36. The van der Waals surface area contributed by atoms with Crippen molar-refractivity contribution in [3.63, 3.8) is 0 Å². The Morgan fingerprint density at radius 1 is 1.15 bits per heavy atom. The van der Waals surface area contributed by atoms with Crippen molar-refractivity contribution < 1.29 is 4.79 Å². The molecule has 1 aliphatic rings. The van der Waals surface area contributed by atoms with Gasteiger partial charge in [0, 0.05) is 50.7 Å². The Morgan fingerprint density at radius 3 is 2.67 bits per heavy atom. The van der Waals surface area contributed by atoms with Crippen molar-refractivity contribution in [2.45, 2.75) is 13.0 Å². The van der Waals surface area contributed by atoms with E-state index in [0.717, 1.165) is 18.2 Å². The van der Waals surface area contributed by atoms with Gasteiger partial charge in [-0.25, -0.2) is 9.78 Å². The number of aromatic amines is 1. The smallest absolute Gasteiger partial charge is 0.328 e. The summed E-state index contributed by atoms with van der Waals surface area (Å²) >= 11 is 1.59. The second-order valence-electron chi connectivity index (χ2n) is 6.36. The number of hydrogen-bond donors (Lipinski definition) is 1. The van der Waals surface area contributed by atoms with Crippen molar-refractivity contribution in [2.24, 2.45) is 0 Å². The van der Waals surface area contributed by atoms with Gasteiger partial charge in [0.05, 0.1) is 10.9 Å². The summed E-state index contributed by atoms with van der Waals surface area (Å²) in [5, 5.41) is 3.37. The molecule has 1 saturated heterocycles. The molecule has 1 amide bonds. The molecule has 2 aromatic heterocycles. The molecule has 1 aliphatic heterocycles. The topological polar surface area (TPSA) is 91.3 Å². The van der Waals surface area contributed by atoms with E-state index in [1.165, 1.54) is 4.57 Å². The number of para-hydroxylation sites is 1. The Balaban J connectivity index is 1.43. The summed E-state index contributed by atoms with van der Waals surface area (Å²) in [5.74, 6) is 0.0102. The lowest BCUT2D eigenvalue weighted by molar-refractivity contribution is -0.131. The highest BCUT2D eigenvalue weighted by Crippen LogP contribution is 2.19. The number of H-pyrrole nitrogens is 1. The molecule has 0 saturated carbocycles. The first-order chi connectivity index (χ1) is 13.1. The van der Waals surface area contributed by atoms with Gasteiger partial charge in [0.25, 0.3) is 5.56 Å². The molecule has 0 unspecified atom stereocenters. The van der Waals surface area contributed by atoms with E-state index in [4.69, 9.17) is 0 Å². The van der Waals surface area contributed by atoms with Crippen LogP contribution in [-0.2, 0) is 11.3 Å². The standard InChI is InChI=1S/C18H19N5O3S/c24-15(21-8-10-22(11-9-21)18-19-6-12-27-18)5-7-23-14-4-2-1-3-13(14)16(25)20-17(23)26/h1-4,6,12H,5,7-11H2,(H,20,25,26). The summed E-state index contributed by atoms with van der Waals surface area (Å²) in [7, 11) is 0. The summed E-state index contributed by atoms with van der Waals surface area (Å²) in [5.41, 5.74) is -0.343. The lowest BCUT2D eigenvalue weighted by Gasteiger charge is -2.34. The Bertz CT molecular complexity index is 1060. The van der Waals surface area contributed by atoms with Crippen LogP contribution in [0.5, 0.6) is 0 Å². The highest BCUT2D eigenvalue weighted by atomic mass is 32.1. The van der Waals surface area contributed by atoms with Crippen LogP contribution >= 0.6 is 11.3 Å². The fraction of sp³-hybridized carbons (Fsp3) is 0.333. The van der Waals surface area contributed by atoms with Crippen molar-refractivity contribution in [1.82, 2.24) is 19.4 Å². The number of thiazole rings is 1. The van der Waals surface area contributed by atoms with E-state index in [9.17, 15) is 14.4 Å². The summed E-state index contributed by atoms with van der Waals surface area (Å²) < 4.78 is 1.46. The maximum absolute atomic E-state index is 12.6. The number of nitrogens with one attached hydrogen (secondary N) is 1. The fourth-order valence-corrected chi connectivity index (χ4v) is 4.05. The molecule has 0 radical (unpaired) electrons. The quantitative estimate of drug-likeness (QED) is 0.720. The highest BCUT2D eigenvalue weighted by Gasteiger charge is 2.22. The first-order valence-corrected chi connectivity index (χ1v) is 9.65. The number of aryl methyl sites for hydroxylation is 1. The summed E-state index contributed by atoms with van der Waals surface area (Å²) in [6, 6.07) is 6.92. The Morgan fingerprint density at radius 2 is 1.93 bits per heavy atom. The van der Waals surface area contributed by atoms with Crippen LogP contribution in [0.3, 0.4) is 0 Å². The number of amides is 1. The molecule has 4 rings (SSSR count). The number of hydrogen-bond acceptors (Lipinski definition) is 6. The summed E-state index contributed by atoms with van der Waals surface area (Å²) in [6.07, 6.45) is 2.00. The first-order valence-electron chi connectivity index (χ1n) is 8.77. The predicted octanol–water partition coefficient (Wildman–Crippen LogP) is 0.885. The van der Waals surface area contributed by atoms with Crippen LogP contribution in [0, 0.1) is 0 Å². The molecule has 3 aromatic rings. The molecule has 0 bridgehead atoms. The van der Waals surface area contributed by atoms with Crippen molar-refractivity contribution in [3.8, 4) is 0 Å². The van der Waals surface area contributed by atoms with Crippen LogP contribution in [0.25, 0.3) is 10.9 Å². The Kier molecular flexibility index (Phi) is 4.76. The van der Waals surface area contributed by atoms with Crippen molar-refractivity contribution in [3.05, 3.63) is 56.7 Å². The number of carbonyl (C=O) groups is 1. The fourth-order valence-electron chi connectivity index (χ4n) is 3.35. The molecule has 0 atom stereocenters. The lowest BCUT2D eigenvalue weighted by Crippen LogP contribution is -2.49. The number of anilines is 1. The zero-order valence-corrected chi connectivity index (χ0v) is 15.4. The van der Waals surface area contributed by atoms with Gasteiger partial charge in [-0.1, -0.05) is 12.1 Å². The minimum absolute atomic E-state index is 0.0102. The van der Waals surface area contributed by atoms with E-state index >= 15 is 0 Å². The zero-order chi connectivity index (χ0) is 18.8. The molecule has 9 heteroatoms. The predicted molar refractivity (Wildman–Crippen MR) is 104 cm³/mol. The number of piperazine rings is 1. The van der Waals surface area contributed by atoms with Gasteiger partial charge in [-0.2, -0.15) is 0 Å². The molecule has 1 aromatic carbocycles. The highest BCUT2D eigenvalue weighted by molar-refractivity contribution is 7.13. The molecule has 8 nitrogen and oxygen atoms in total. The normalized spacial score (nSPS) is 14.7. The van der Waals surface area contributed by atoms with E-state index < -0.39 is 11.2 Å². The number of rotatable bonds is 4. The zero-order valence-electron chi connectivity index (χ0n) is 14.6. The maximum Gasteiger partial charge on any atom is 0.328 e. The number of nitrogens with zero attached hydrogens (tertiary/aromatic N) is 4. The molecule has 1 N–H and O–H groups in total. The monoisotopic (exact) mass is 385 g/mol. The lowest BCUT2D eigenvalue weighted by atomic mass is 10.2. The van der Waals surface area contributed by atoms with Gasteiger partial charge in [0.1, 0.15) is 0 Å². The molecule has 0 spiro atoms. The van der Waals surface area contributed by atoms with Crippen LogP contribution < -0.4 is 16.1 Å². The van der Waals surface area contributed by atoms with Gasteiger partial charge in [-0.05, 0) is 12.1 Å². The molecule has 1 fully saturated rings. The van der Waals surface area contributed by atoms with Crippen LogP contribution in [-0.4, -0.2) is 51.5 Å². The van der Waals surface area contributed by atoms with Gasteiger partial charge in [0.15, 0.2) is 5.13 Å². The van der Waals surface area contributed by atoms with E-state index in [-0.39, 0.29) is 18.9 Å². The Hall–Kier alpha value is -2.94. The van der Waals surface area contributed by atoms with Crippen LogP contribution in [0.4, 0.5) is 5.13 Å². The van der Waals surface area contributed by atoms with Crippen molar-refractivity contribution in [2.75, 3.05) is 31.1 Å². The number of fused-ring (bicyclic) bond motifs is 1. The minimum Gasteiger partial charge on any atom is -0.345 e. The van der Waals surface area contributed by atoms with E-state index in [2.05, 4.69) is 14.9 Å². The van der Waals surface area contributed by atoms with Gasteiger partial charge < -0.3 is 9.80 Å². The first kappa shape index (κ1) is 17.5. The second-order valence-corrected chi connectivity index (χ2v) is 7.23. The van der Waals surface area contributed by atoms with Gasteiger partial charge in [-0.3, -0.25) is 19.1 Å². The average Bonchev–Trinajstić information content (AvgIpc) is 3.22. The Labute approximate surface area is 158 Å². The van der Waals surface area contributed by atoms with Gasteiger partial charge >= 0.3 is 5.69 Å². The van der Waals surface area contributed by atoms with Gasteiger partial charge in [-0.15, -0.1) is 11.3 Å². The van der Waals surface area contributed by atoms with Crippen LogP contribution in [0.2, 0.25) is 0 Å².